The largest absolute Gasteiger partial charge is 0.330 e. The highest BCUT2D eigenvalue weighted by molar-refractivity contribution is 4.71. The topological polar surface area (TPSA) is 38.0 Å². The van der Waals surface area contributed by atoms with Gasteiger partial charge in [0, 0.05) is 6.04 Å². The molecule has 1 rings (SSSR count). The maximum absolute atomic E-state index is 5.40. The van der Waals surface area contributed by atoms with E-state index in [4.69, 9.17) is 5.73 Å². The second-order valence-corrected chi connectivity index (χ2v) is 3.43. The summed E-state index contributed by atoms with van der Waals surface area (Å²) in [6, 6.07) is 0.801. The van der Waals surface area contributed by atoms with Crippen LogP contribution in [0.25, 0.3) is 0 Å². The molecule has 88 valence electrons. The molecule has 0 radical (unpaired) electrons. The van der Waals surface area contributed by atoms with Gasteiger partial charge in [0.25, 0.3) is 0 Å². The number of nitrogens with one attached hydrogen (secondary N) is 1. The van der Waals surface area contributed by atoms with Gasteiger partial charge in [-0.15, -0.1) is 0 Å². The molecule has 0 saturated heterocycles. The van der Waals surface area contributed by atoms with Crippen LogP contribution in [-0.2, 0) is 0 Å². The third-order valence-electron chi connectivity index (χ3n) is 2.42. The van der Waals surface area contributed by atoms with Crippen LogP contribution in [0.15, 0.2) is 0 Å². The lowest BCUT2D eigenvalue weighted by Gasteiger charge is -2.22. The second kappa shape index (κ2) is 12.9. The lowest BCUT2D eigenvalue weighted by Crippen LogP contribution is -2.32. The fraction of sp³-hybridized carbons (Fsp3) is 1.00. The zero-order valence-electron chi connectivity index (χ0n) is 9.31. The predicted octanol–water partition coefficient (Wildman–Crippen LogP) is 2.92. The molecule has 2 heteroatoms. The highest BCUT2D eigenvalue weighted by Gasteiger charge is 2.11. The highest BCUT2D eigenvalue weighted by Crippen LogP contribution is 2.16. The van der Waals surface area contributed by atoms with E-state index >= 15 is 0 Å². The Kier molecular flexibility index (Phi) is 15.1. The molecule has 0 atom stereocenters. The average molecular weight is 202 g/mol. The maximum Gasteiger partial charge on any atom is 0.00670 e. The molecule has 1 fully saturated rings. The Morgan fingerprint density at radius 2 is 1.71 bits per heavy atom. The van der Waals surface area contributed by atoms with Crippen LogP contribution in [0.3, 0.4) is 0 Å². The van der Waals surface area contributed by atoms with E-state index in [1.165, 1.54) is 32.1 Å². The van der Waals surface area contributed by atoms with Crippen molar-refractivity contribution >= 4 is 0 Å². The quantitative estimate of drug-likeness (QED) is 0.688. The minimum atomic E-state index is 0. The van der Waals surface area contributed by atoms with E-state index in [1.807, 2.05) is 13.8 Å². The molecule has 0 bridgehead atoms. The van der Waals surface area contributed by atoms with E-state index in [2.05, 4.69) is 5.32 Å². The van der Waals surface area contributed by atoms with E-state index in [0.717, 1.165) is 25.6 Å². The molecule has 3 N–H and O–H groups in total. The van der Waals surface area contributed by atoms with E-state index < -0.39 is 0 Å². The molecular weight excluding hydrogens is 172 g/mol. The standard InChI is InChI=1S/C9H20N2.C2H6.CH4/c10-7-4-8-11-9-5-2-1-3-6-9;1-2;/h9,11H,1-8,10H2;1-2H3;1H4. The third-order valence-corrected chi connectivity index (χ3v) is 2.42. The van der Waals surface area contributed by atoms with Crippen LogP contribution in [0.1, 0.15) is 59.8 Å². The van der Waals surface area contributed by atoms with Crippen molar-refractivity contribution in [2.45, 2.75) is 65.8 Å². The number of hydrogen-bond acceptors (Lipinski definition) is 2. The van der Waals surface area contributed by atoms with Crippen molar-refractivity contribution in [3.63, 3.8) is 0 Å². The van der Waals surface area contributed by atoms with Crippen LogP contribution in [0.5, 0.6) is 0 Å². The smallest absolute Gasteiger partial charge is 0.00670 e. The molecule has 1 aliphatic carbocycles. The van der Waals surface area contributed by atoms with Gasteiger partial charge < -0.3 is 11.1 Å². The fourth-order valence-electron chi connectivity index (χ4n) is 1.71. The summed E-state index contributed by atoms with van der Waals surface area (Å²) in [7, 11) is 0. The van der Waals surface area contributed by atoms with Gasteiger partial charge in [0.05, 0.1) is 0 Å². The first-order valence-electron chi connectivity index (χ1n) is 5.87. The van der Waals surface area contributed by atoms with Gasteiger partial charge in [-0.25, -0.2) is 0 Å². The maximum atomic E-state index is 5.40. The fourth-order valence-corrected chi connectivity index (χ4v) is 1.71. The Morgan fingerprint density at radius 3 is 2.21 bits per heavy atom. The lowest BCUT2D eigenvalue weighted by atomic mass is 9.95. The van der Waals surface area contributed by atoms with Crippen LogP contribution < -0.4 is 11.1 Å². The van der Waals surface area contributed by atoms with E-state index in [-0.39, 0.29) is 7.43 Å². The second-order valence-electron chi connectivity index (χ2n) is 3.43. The Morgan fingerprint density at radius 1 is 1.14 bits per heavy atom. The first-order valence-corrected chi connectivity index (χ1v) is 5.87. The van der Waals surface area contributed by atoms with E-state index in [9.17, 15) is 0 Å². The van der Waals surface area contributed by atoms with Gasteiger partial charge in [-0.1, -0.05) is 40.5 Å². The summed E-state index contributed by atoms with van der Waals surface area (Å²) in [5, 5.41) is 3.54. The van der Waals surface area contributed by atoms with Crippen LogP contribution in [0.4, 0.5) is 0 Å². The van der Waals surface area contributed by atoms with Gasteiger partial charge in [0.1, 0.15) is 0 Å². The molecule has 0 spiro atoms. The zero-order chi connectivity index (χ0) is 9.94. The van der Waals surface area contributed by atoms with Crippen molar-refractivity contribution in [3.8, 4) is 0 Å². The molecule has 0 aromatic carbocycles. The van der Waals surface area contributed by atoms with Gasteiger partial charge in [0.15, 0.2) is 0 Å². The van der Waals surface area contributed by atoms with Crippen molar-refractivity contribution in [3.05, 3.63) is 0 Å². The Balaban J connectivity index is 0. The van der Waals surface area contributed by atoms with Crippen LogP contribution in [0.2, 0.25) is 0 Å². The molecule has 1 saturated carbocycles. The van der Waals surface area contributed by atoms with Gasteiger partial charge in [-0.05, 0) is 32.4 Å². The van der Waals surface area contributed by atoms with E-state index in [0.29, 0.717) is 0 Å². The number of hydrogen-bond donors (Lipinski definition) is 2. The average Bonchev–Trinajstić information content (AvgIpc) is 2.23. The molecular formula is C12H30N2. The van der Waals surface area contributed by atoms with Crippen LogP contribution >= 0.6 is 0 Å². The summed E-state index contributed by atoms with van der Waals surface area (Å²) < 4.78 is 0. The summed E-state index contributed by atoms with van der Waals surface area (Å²) in [4.78, 5) is 0. The van der Waals surface area contributed by atoms with Crippen molar-refractivity contribution in [1.29, 1.82) is 0 Å². The Labute approximate surface area is 90.6 Å². The SMILES string of the molecule is C.CC.NCCCNC1CCCCC1. The van der Waals surface area contributed by atoms with Gasteiger partial charge >= 0.3 is 0 Å². The zero-order valence-corrected chi connectivity index (χ0v) is 9.31. The summed E-state index contributed by atoms with van der Waals surface area (Å²) in [6.45, 7) is 5.93. The molecule has 2 nitrogen and oxygen atoms in total. The number of nitrogens with two attached hydrogens (primary N) is 1. The van der Waals surface area contributed by atoms with Crippen LogP contribution in [-0.4, -0.2) is 19.1 Å². The predicted molar refractivity (Wildman–Crippen MR) is 66.6 cm³/mol. The van der Waals surface area contributed by atoms with Crippen molar-refractivity contribution in [2.75, 3.05) is 13.1 Å². The normalized spacial score (nSPS) is 16.5. The molecule has 1 aliphatic rings. The van der Waals surface area contributed by atoms with Crippen molar-refractivity contribution in [2.24, 2.45) is 5.73 Å². The molecule has 0 heterocycles. The Bertz CT molecular complexity index is 88.3. The Hall–Kier alpha value is -0.0800. The molecule has 14 heavy (non-hydrogen) atoms. The van der Waals surface area contributed by atoms with Crippen molar-refractivity contribution in [1.82, 2.24) is 5.32 Å². The molecule has 0 amide bonds. The summed E-state index contributed by atoms with van der Waals surface area (Å²) in [6.07, 6.45) is 8.15. The highest BCUT2D eigenvalue weighted by atomic mass is 14.9. The first kappa shape index (κ1) is 16.4. The molecule has 0 unspecified atom stereocenters. The minimum absolute atomic E-state index is 0. The molecule has 0 aromatic rings. The summed E-state index contributed by atoms with van der Waals surface area (Å²) >= 11 is 0. The van der Waals surface area contributed by atoms with Crippen molar-refractivity contribution < 1.29 is 0 Å². The lowest BCUT2D eigenvalue weighted by molar-refractivity contribution is 0.373. The summed E-state index contributed by atoms with van der Waals surface area (Å²) in [5.41, 5.74) is 5.40. The van der Waals surface area contributed by atoms with E-state index in [1.54, 1.807) is 0 Å². The monoisotopic (exact) mass is 202 g/mol. The van der Waals surface area contributed by atoms with Gasteiger partial charge in [-0.3, -0.25) is 0 Å². The van der Waals surface area contributed by atoms with Gasteiger partial charge in [0.2, 0.25) is 0 Å². The summed E-state index contributed by atoms with van der Waals surface area (Å²) in [5.74, 6) is 0. The molecule has 0 aromatic heterocycles. The minimum Gasteiger partial charge on any atom is -0.330 e. The van der Waals surface area contributed by atoms with Gasteiger partial charge in [-0.2, -0.15) is 0 Å². The first-order chi connectivity index (χ1) is 6.43. The van der Waals surface area contributed by atoms with Crippen LogP contribution in [0, 0.1) is 0 Å². The number of rotatable bonds is 4. The molecule has 0 aliphatic heterocycles. The third kappa shape index (κ3) is 8.52.